The maximum absolute atomic E-state index is 10.2. The number of hydrogen-bond acceptors (Lipinski definition) is 1. The van der Waals surface area contributed by atoms with Gasteiger partial charge in [0.25, 0.3) is 0 Å². The molecule has 0 fully saturated rings. The third-order valence-electron chi connectivity index (χ3n) is 2.51. The van der Waals surface area contributed by atoms with E-state index in [9.17, 15) is 4.79 Å². The van der Waals surface area contributed by atoms with Crippen molar-refractivity contribution in [2.24, 2.45) is 0 Å². The number of benzene rings is 2. The molecule has 0 radical (unpaired) electrons. The molecule has 0 saturated carbocycles. The molecular formula is C21H30O2. The van der Waals surface area contributed by atoms with Crippen LogP contribution in [0.15, 0.2) is 67.2 Å². The Hall–Kier alpha value is -2.35. The van der Waals surface area contributed by atoms with Crippen molar-refractivity contribution in [3.05, 3.63) is 78.4 Å². The van der Waals surface area contributed by atoms with E-state index in [0.717, 1.165) is 5.56 Å². The summed E-state index contributed by atoms with van der Waals surface area (Å²) in [5.74, 6) is -0.742. The molecule has 126 valence electrons. The lowest BCUT2D eigenvalue weighted by Gasteiger charge is -1.95. The fraction of sp³-hybridized carbons (Fsp3) is 0.286. The van der Waals surface area contributed by atoms with Crippen molar-refractivity contribution < 1.29 is 9.90 Å². The van der Waals surface area contributed by atoms with Crippen molar-refractivity contribution in [3.63, 3.8) is 0 Å². The molecule has 0 atom stereocenters. The van der Waals surface area contributed by atoms with E-state index < -0.39 is 5.97 Å². The minimum absolute atomic E-state index is 0.212. The lowest BCUT2D eigenvalue weighted by Crippen LogP contribution is -1.96. The molecule has 0 aliphatic carbocycles. The van der Waals surface area contributed by atoms with Crippen LogP contribution in [-0.4, -0.2) is 11.1 Å². The first-order valence-electron chi connectivity index (χ1n) is 8.15. The molecule has 23 heavy (non-hydrogen) atoms. The van der Waals surface area contributed by atoms with Crippen LogP contribution in [0.2, 0.25) is 0 Å². The van der Waals surface area contributed by atoms with Gasteiger partial charge < -0.3 is 5.11 Å². The predicted molar refractivity (Wildman–Crippen MR) is 102 cm³/mol. The van der Waals surface area contributed by atoms with Gasteiger partial charge in [-0.05, 0) is 17.5 Å². The van der Waals surface area contributed by atoms with Gasteiger partial charge in [-0.15, -0.1) is 0 Å². The zero-order valence-corrected chi connectivity index (χ0v) is 14.8. The summed E-state index contributed by atoms with van der Waals surface area (Å²) < 4.78 is 0. The average Bonchev–Trinajstić information content (AvgIpc) is 2.65. The molecule has 0 unspecified atom stereocenters. The number of carboxylic acid groups (broad SMARTS) is 1. The molecule has 2 nitrogen and oxygen atoms in total. The van der Waals surface area contributed by atoms with Crippen LogP contribution in [0.1, 0.15) is 45.2 Å². The van der Waals surface area contributed by atoms with E-state index in [2.05, 4.69) is 6.58 Å². The maximum atomic E-state index is 10.2. The summed E-state index contributed by atoms with van der Waals surface area (Å²) in [6.07, 6.45) is 2.67. The van der Waals surface area contributed by atoms with Crippen LogP contribution >= 0.6 is 0 Å². The highest BCUT2D eigenvalue weighted by Gasteiger charge is 1.96. The smallest absolute Gasteiger partial charge is 0.303 e. The average molecular weight is 314 g/mol. The van der Waals surface area contributed by atoms with Crippen molar-refractivity contribution in [2.75, 3.05) is 0 Å². The maximum Gasteiger partial charge on any atom is 0.303 e. The molecule has 0 amide bonds. The van der Waals surface area contributed by atoms with Crippen molar-refractivity contribution in [1.82, 2.24) is 0 Å². The van der Waals surface area contributed by atoms with Gasteiger partial charge in [-0.2, -0.15) is 0 Å². The predicted octanol–water partition coefficient (Wildman–Crippen LogP) is 6.09. The zero-order valence-electron chi connectivity index (χ0n) is 14.8. The summed E-state index contributed by atoms with van der Waals surface area (Å²) in [6, 6.07) is 19.6. The van der Waals surface area contributed by atoms with E-state index in [1.165, 1.54) is 5.56 Å². The first kappa shape index (κ1) is 22.9. The monoisotopic (exact) mass is 314 g/mol. The van der Waals surface area contributed by atoms with Gasteiger partial charge in [-0.1, -0.05) is 101 Å². The molecule has 2 aromatic rings. The Morgan fingerprint density at radius 2 is 1.35 bits per heavy atom. The quantitative estimate of drug-likeness (QED) is 0.742. The van der Waals surface area contributed by atoms with Gasteiger partial charge in [-0.3, -0.25) is 4.79 Å². The van der Waals surface area contributed by atoms with Gasteiger partial charge in [0.15, 0.2) is 0 Å². The lowest BCUT2D eigenvalue weighted by molar-refractivity contribution is -0.136. The highest BCUT2D eigenvalue weighted by atomic mass is 16.4. The molecule has 1 N–H and O–H groups in total. The minimum atomic E-state index is -0.742. The molecule has 2 rings (SSSR count). The number of rotatable bonds is 4. The summed E-state index contributed by atoms with van der Waals surface area (Å²) in [4.78, 5) is 10.2. The SMILES string of the molecule is C=Cc1ccccc1.CC.CC.O=C(O)CCc1ccccc1. The summed E-state index contributed by atoms with van der Waals surface area (Å²) in [6.45, 7) is 11.6. The number of aryl methyl sites for hydroxylation is 1. The van der Waals surface area contributed by atoms with Gasteiger partial charge in [0.1, 0.15) is 0 Å². The molecule has 2 heteroatoms. The Labute approximate surface area is 141 Å². The molecule has 0 bridgehead atoms. The van der Waals surface area contributed by atoms with Crippen molar-refractivity contribution in [2.45, 2.75) is 40.5 Å². The van der Waals surface area contributed by atoms with E-state index in [4.69, 9.17) is 5.11 Å². The van der Waals surface area contributed by atoms with Crippen LogP contribution in [-0.2, 0) is 11.2 Å². The molecule has 2 aromatic carbocycles. The fourth-order valence-corrected chi connectivity index (χ4v) is 1.49. The highest BCUT2D eigenvalue weighted by molar-refractivity contribution is 5.67. The standard InChI is InChI=1S/C9H10O2.C8H8.2C2H6/c10-9(11)7-6-8-4-2-1-3-5-8;1-2-8-6-4-3-5-7-8;2*1-2/h1-5H,6-7H2,(H,10,11);2-7H,1H2;2*1-2H3. The molecule has 0 spiro atoms. The van der Waals surface area contributed by atoms with Gasteiger partial charge in [0, 0.05) is 6.42 Å². The van der Waals surface area contributed by atoms with E-state index in [1.54, 1.807) is 0 Å². The first-order chi connectivity index (χ1) is 11.2. The number of carbonyl (C=O) groups is 1. The fourth-order valence-electron chi connectivity index (χ4n) is 1.49. The Balaban J connectivity index is 0. The second-order valence-electron chi connectivity index (χ2n) is 3.99. The third kappa shape index (κ3) is 14.4. The summed E-state index contributed by atoms with van der Waals surface area (Å²) in [5, 5.41) is 8.37. The van der Waals surface area contributed by atoms with E-state index in [1.807, 2.05) is 94.4 Å². The van der Waals surface area contributed by atoms with E-state index >= 15 is 0 Å². The Kier molecular flexibility index (Phi) is 17.6. The number of hydrogen-bond donors (Lipinski definition) is 1. The van der Waals surface area contributed by atoms with Crippen LogP contribution < -0.4 is 0 Å². The van der Waals surface area contributed by atoms with Crippen molar-refractivity contribution in [3.8, 4) is 0 Å². The molecule has 0 heterocycles. The van der Waals surface area contributed by atoms with Crippen LogP contribution in [0.25, 0.3) is 6.08 Å². The molecule has 0 aliphatic rings. The zero-order chi connectivity index (χ0) is 17.9. The Morgan fingerprint density at radius 1 is 0.913 bits per heavy atom. The topological polar surface area (TPSA) is 37.3 Å². The largest absolute Gasteiger partial charge is 0.481 e. The van der Waals surface area contributed by atoms with E-state index in [0.29, 0.717) is 6.42 Å². The summed E-state index contributed by atoms with van der Waals surface area (Å²) in [7, 11) is 0. The van der Waals surface area contributed by atoms with Gasteiger partial charge in [0.05, 0.1) is 0 Å². The molecule has 0 aromatic heterocycles. The minimum Gasteiger partial charge on any atom is -0.481 e. The highest BCUT2D eigenvalue weighted by Crippen LogP contribution is 2.01. The van der Waals surface area contributed by atoms with Gasteiger partial charge in [-0.25, -0.2) is 0 Å². The van der Waals surface area contributed by atoms with E-state index in [-0.39, 0.29) is 6.42 Å². The van der Waals surface area contributed by atoms with Crippen LogP contribution in [0.4, 0.5) is 0 Å². The molecule has 0 saturated heterocycles. The summed E-state index contributed by atoms with van der Waals surface area (Å²) in [5.41, 5.74) is 2.25. The second-order valence-corrected chi connectivity index (χ2v) is 3.99. The van der Waals surface area contributed by atoms with Gasteiger partial charge in [0.2, 0.25) is 0 Å². The van der Waals surface area contributed by atoms with Crippen LogP contribution in [0, 0.1) is 0 Å². The lowest BCUT2D eigenvalue weighted by atomic mass is 10.1. The number of carboxylic acids is 1. The van der Waals surface area contributed by atoms with Crippen LogP contribution in [0.5, 0.6) is 0 Å². The molecular weight excluding hydrogens is 284 g/mol. The first-order valence-corrected chi connectivity index (χ1v) is 8.15. The van der Waals surface area contributed by atoms with Crippen molar-refractivity contribution >= 4 is 12.0 Å². The third-order valence-corrected chi connectivity index (χ3v) is 2.51. The number of aliphatic carboxylic acids is 1. The second kappa shape index (κ2) is 17.7. The van der Waals surface area contributed by atoms with Crippen LogP contribution in [0.3, 0.4) is 0 Å². The molecule has 0 aliphatic heterocycles. The Bertz CT molecular complexity index is 490. The van der Waals surface area contributed by atoms with Gasteiger partial charge >= 0.3 is 5.97 Å². The van der Waals surface area contributed by atoms with Crippen molar-refractivity contribution in [1.29, 1.82) is 0 Å². The summed E-state index contributed by atoms with van der Waals surface area (Å²) >= 11 is 0. The normalized spacial score (nSPS) is 8.00. The Morgan fingerprint density at radius 3 is 1.70 bits per heavy atom.